The van der Waals surface area contributed by atoms with Crippen molar-refractivity contribution in [3.63, 3.8) is 0 Å². The Balaban J connectivity index is 2.02. The third-order valence-electron chi connectivity index (χ3n) is 4.02. The average molecular weight is 361 g/mol. The Morgan fingerprint density at radius 3 is 2.42 bits per heavy atom. The fourth-order valence-corrected chi connectivity index (χ4v) is 4.22. The van der Waals surface area contributed by atoms with E-state index in [0.29, 0.717) is 22.0 Å². The molecule has 0 saturated carbocycles. The van der Waals surface area contributed by atoms with Gasteiger partial charge in [-0.3, -0.25) is 0 Å². The molecule has 3 rings (SSSR count). The largest absolute Gasteiger partial charge is 0.339 e. The van der Waals surface area contributed by atoms with E-state index in [2.05, 4.69) is 9.71 Å². The summed E-state index contributed by atoms with van der Waals surface area (Å²) >= 11 is 5.99. The van der Waals surface area contributed by atoms with E-state index in [4.69, 9.17) is 11.6 Å². The number of amidine groups is 1. The number of hydrogen-bond donors (Lipinski definition) is 1. The number of benzene rings is 2. The van der Waals surface area contributed by atoms with Gasteiger partial charge in [-0.2, -0.15) is 8.42 Å². The summed E-state index contributed by atoms with van der Waals surface area (Å²) in [6.45, 7) is 5.78. The number of nitrogens with one attached hydrogen (secondary N) is 1. The Morgan fingerprint density at radius 1 is 1.00 bits per heavy atom. The van der Waals surface area contributed by atoms with Crippen LogP contribution in [-0.4, -0.2) is 14.3 Å². The topological polar surface area (TPSA) is 58.5 Å². The van der Waals surface area contributed by atoms with Crippen molar-refractivity contribution in [2.75, 3.05) is 5.32 Å². The number of anilines is 1. The van der Waals surface area contributed by atoms with Crippen LogP contribution in [0.15, 0.2) is 52.4 Å². The van der Waals surface area contributed by atoms with E-state index in [-0.39, 0.29) is 4.91 Å². The molecular weight excluding hydrogens is 344 g/mol. The van der Waals surface area contributed by atoms with Gasteiger partial charge >= 0.3 is 0 Å². The molecule has 0 radical (unpaired) electrons. The van der Waals surface area contributed by atoms with Gasteiger partial charge in [-0.25, -0.2) is 0 Å². The molecule has 0 spiro atoms. The summed E-state index contributed by atoms with van der Waals surface area (Å²) in [5.74, 6) is 0.341. The smallest absolute Gasteiger partial charge is 0.285 e. The van der Waals surface area contributed by atoms with Crippen LogP contribution >= 0.6 is 11.6 Å². The van der Waals surface area contributed by atoms with Gasteiger partial charge in [-0.15, -0.1) is 4.40 Å². The van der Waals surface area contributed by atoms with Crippen molar-refractivity contribution in [3.8, 4) is 0 Å². The Hall–Kier alpha value is -2.11. The van der Waals surface area contributed by atoms with E-state index < -0.39 is 10.0 Å². The third kappa shape index (κ3) is 3.09. The predicted octanol–water partition coefficient (Wildman–Crippen LogP) is 4.54. The lowest BCUT2D eigenvalue weighted by molar-refractivity contribution is 0.608. The Morgan fingerprint density at radius 2 is 1.75 bits per heavy atom. The van der Waals surface area contributed by atoms with Crippen molar-refractivity contribution in [2.45, 2.75) is 20.8 Å². The minimum absolute atomic E-state index is 0.191. The fraction of sp³-hybridized carbons (Fsp3) is 0.167. The highest BCUT2D eigenvalue weighted by molar-refractivity contribution is 8.00. The van der Waals surface area contributed by atoms with Gasteiger partial charge in [-0.1, -0.05) is 29.8 Å². The van der Waals surface area contributed by atoms with Crippen molar-refractivity contribution in [2.24, 2.45) is 4.40 Å². The summed E-state index contributed by atoms with van der Waals surface area (Å²) in [5, 5.41) is 3.59. The lowest BCUT2D eigenvalue weighted by Crippen LogP contribution is -2.11. The van der Waals surface area contributed by atoms with Gasteiger partial charge < -0.3 is 5.32 Å². The second-order valence-electron chi connectivity index (χ2n) is 5.80. The summed E-state index contributed by atoms with van der Waals surface area (Å²) in [4.78, 5) is 0.191. The van der Waals surface area contributed by atoms with E-state index in [1.54, 1.807) is 31.2 Å². The summed E-state index contributed by atoms with van der Waals surface area (Å²) in [7, 11) is -3.75. The molecule has 2 aromatic rings. The lowest BCUT2D eigenvalue weighted by Gasteiger charge is -2.09. The van der Waals surface area contributed by atoms with Gasteiger partial charge in [0.15, 0.2) is 0 Å². The molecule has 0 unspecified atom stereocenters. The highest BCUT2D eigenvalue weighted by Crippen LogP contribution is 2.34. The van der Waals surface area contributed by atoms with Gasteiger partial charge in [0.25, 0.3) is 10.0 Å². The highest BCUT2D eigenvalue weighted by Gasteiger charge is 2.31. The summed E-state index contributed by atoms with van der Waals surface area (Å²) in [5.41, 5.74) is 4.22. The van der Waals surface area contributed by atoms with Crippen molar-refractivity contribution >= 4 is 38.1 Å². The first kappa shape index (κ1) is 16.7. The molecule has 1 heterocycles. The van der Waals surface area contributed by atoms with Gasteiger partial charge in [0.05, 0.1) is 0 Å². The van der Waals surface area contributed by atoms with E-state index in [0.717, 1.165) is 11.3 Å². The van der Waals surface area contributed by atoms with Crippen molar-refractivity contribution < 1.29 is 8.42 Å². The molecule has 0 aliphatic carbocycles. The van der Waals surface area contributed by atoms with Crippen molar-refractivity contribution in [1.29, 1.82) is 0 Å². The van der Waals surface area contributed by atoms with Crippen LogP contribution in [0.3, 0.4) is 0 Å². The molecule has 1 aliphatic rings. The summed E-state index contributed by atoms with van der Waals surface area (Å²) in [6, 6.07) is 12.6. The minimum Gasteiger partial charge on any atom is -0.339 e. The SMILES string of the molecule is CC1=C(c2cccc(Cl)c2)S(=O)(=O)N=C1Nc1ccc(C)c(C)c1. The third-order valence-corrected chi connectivity index (χ3v) is 5.74. The number of rotatable bonds is 2. The molecule has 0 fully saturated rings. The predicted molar refractivity (Wildman–Crippen MR) is 99.9 cm³/mol. The fourth-order valence-electron chi connectivity index (χ4n) is 2.60. The van der Waals surface area contributed by atoms with Crippen molar-refractivity contribution in [3.05, 3.63) is 69.8 Å². The molecule has 0 bridgehead atoms. The van der Waals surface area contributed by atoms with Gasteiger partial charge in [0, 0.05) is 16.3 Å². The first-order chi connectivity index (χ1) is 11.3. The lowest BCUT2D eigenvalue weighted by atomic mass is 10.1. The molecule has 124 valence electrons. The highest BCUT2D eigenvalue weighted by atomic mass is 35.5. The number of aryl methyl sites for hydroxylation is 2. The van der Waals surface area contributed by atoms with Crippen LogP contribution in [0.5, 0.6) is 0 Å². The second kappa shape index (κ2) is 6.07. The zero-order valence-corrected chi connectivity index (χ0v) is 15.2. The normalized spacial score (nSPS) is 16.2. The van der Waals surface area contributed by atoms with E-state index >= 15 is 0 Å². The summed E-state index contributed by atoms with van der Waals surface area (Å²) < 4.78 is 28.9. The molecule has 0 atom stereocenters. The van der Waals surface area contributed by atoms with Crippen LogP contribution in [0, 0.1) is 13.8 Å². The van der Waals surface area contributed by atoms with Crippen LogP contribution in [0.4, 0.5) is 5.69 Å². The first-order valence-electron chi connectivity index (χ1n) is 7.44. The van der Waals surface area contributed by atoms with Gasteiger partial charge in [-0.05, 0) is 61.7 Å². The maximum absolute atomic E-state index is 12.5. The van der Waals surface area contributed by atoms with Gasteiger partial charge in [0.2, 0.25) is 0 Å². The van der Waals surface area contributed by atoms with Crippen LogP contribution in [0.1, 0.15) is 23.6 Å². The van der Waals surface area contributed by atoms with Crippen LogP contribution in [0.2, 0.25) is 5.02 Å². The maximum Gasteiger partial charge on any atom is 0.285 e. The monoisotopic (exact) mass is 360 g/mol. The number of nitrogens with zero attached hydrogens (tertiary/aromatic N) is 1. The number of sulfonamides is 1. The molecule has 1 aliphatic heterocycles. The first-order valence-corrected chi connectivity index (χ1v) is 9.26. The van der Waals surface area contributed by atoms with Crippen LogP contribution in [0.25, 0.3) is 4.91 Å². The zero-order valence-electron chi connectivity index (χ0n) is 13.6. The second-order valence-corrected chi connectivity index (χ2v) is 7.78. The Bertz CT molecular complexity index is 992. The molecular formula is C18H17ClN2O2S. The Kier molecular flexibility index (Phi) is 4.24. The molecule has 2 aromatic carbocycles. The zero-order chi connectivity index (χ0) is 17.5. The van der Waals surface area contributed by atoms with E-state index in [9.17, 15) is 8.42 Å². The molecule has 0 aromatic heterocycles. The van der Waals surface area contributed by atoms with Crippen molar-refractivity contribution in [1.82, 2.24) is 0 Å². The standard InChI is InChI=1S/C18H17ClN2O2S/c1-11-7-8-16(9-12(11)2)20-18-13(3)17(24(22,23)21-18)14-5-4-6-15(19)10-14/h4-10H,1-3H3,(H,20,21). The van der Waals surface area contributed by atoms with Gasteiger partial charge in [0.1, 0.15) is 10.7 Å². The maximum atomic E-state index is 12.5. The van der Waals surface area contributed by atoms with Crippen LogP contribution in [-0.2, 0) is 10.0 Å². The quantitative estimate of drug-likeness (QED) is 0.855. The molecule has 4 nitrogen and oxygen atoms in total. The molecule has 0 amide bonds. The van der Waals surface area contributed by atoms with E-state index in [1.807, 2.05) is 32.0 Å². The Labute approximate surface area is 146 Å². The average Bonchev–Trinajstić information content (AvgIpc) is 2.72. The summed E-state index contributed by atoms with van der Waals surface area (Å²) in [6.07, 6.45) is 0. The number of halogens is 1. The minimum atomic E-state index is -3.75. The van der Waals surface area contributed by atoms with E-state index in [1.165, 1.54) is 5.56 Å². The number of hydrogen-bond acceptors (Lipinski definition) is 3. The molecule has 6 heteroatoms. The molecule has 1 N–H and O–H groups in total. The molecule has 24 heavy (non-hydrogen) atoms. The molecule has 0 saturated heterocycles. The van der Waals surface area contributed by atoms with Crippen LogP contribution < -0.4 is 5.32 Å².